The van der Waals surface area contributed by atoms with Gasteiger partial charge in [-0.1, -0.05) is 32.5 Å². The van der Waals surface area contributed by atoms with Crippen LogP contribution in [0, 0.1) is 5.92 Å². The fraction of sp³-hybridized carbons (Fsp3) is 0.727. The molecule has 0 amide bonds. The summed E-state index contributed by atoms with van der Waals surface area (Å²) in [5.41, 5.74) is -0.714. The largest absolute Gasteiger partial charge is 0.385 e. The van der Waals surface area contributed by atoms with E-state index in [1.807, 2.05) is 13.8 Å². The molecule has 0 aromatic carbocycles. The molecule has 0 radical (unpaired) electrons. The van der Waals surface area contributed by atoms with Gasteiger partial charge in [-0.2, -0.15) is 0 Å². The second kappa shape index (κ2) is 5.32. The van der Waals surface area contributed by atoms with Crippen LogP contribution in [-0.2, 0) is 5.60 Å². The maximum Gasteiger partial charge on any atom is 0.150 e. The number of nitrogens with zero attached hydrogens (tertiary/aromatic N) is 1. The Morgan fingerprint density at radius 2 is 2.27 bits per heavy atom. The number of rotatable bonds is 5. The van der Waals surface area contributed by atoms with E-state index in [-0.39, 0.29) is 0 Å². The third kappa shape index (κ3) is 3.78. The van der Waals surface area contributed by atoms with E-state index >= 15 is 0 Å². The lowest BCUT2D eigenvalue weighted by molar-refractivity contribution is 0.0567. The molecule has 0 saturated carbocycles. The summed E-state index contributed by atoms with van der Waals surface area (Å²) in [6, 6.07) is 0. The van der Waals surface area contributed by atoms with Crippen molar-refractivity contribution in [3.05, 3.63) is 11.1 Å². The van der Waals surface area contributed by atoms with Crippen molar-refractivity contribution in [2.24, 2.45) is 5.92 Å². The van der Waals surface area contributed by atoms with Crippen LogP contribution < -0.4 is 0 Å². The minimum absolute atomic E-state index is 0.675. The van der Waals surface area contributed by atoms with Crippen LogP contribution in [0.25, 0.3) is 0 Å². The molecule has 1 aromatic heterocycles. The van der Waals surface area contributed by atoms with Gasteiger partial charge in [-0.15, -0.1) is 11.3 Å². The molecular formula is C11H19NOS2. The quantitative estimate of drug-likeness (QED) is 0.806. The first-order valence-corrected chi connectivity index (χ1v) is 7.07. The summed E-state index contributed by atoms with van der Waals surface area (Å²) in [5, 5.41) is 10.0. The smallest absolute Gasteiger partial charge is 0.150 e. The van der Waals surface area contributed by atoms with Crippen LogP contribution in [0.15, 0.2) is 10.5 Å². The van der Waals surface area contributed by atoms with Crippen molar-refractivity contribution in [1.29, 1.82) is 0 Å². The van der Waals surface area contributed by atoms with Crippen LogP contribution in [0.3, 0.4) is 0 Å². The lowest BCUT2D eigenvalue weighted by atomic mass is 10.0. The fourth-order valence-corrected chi connectivity index (χ4v) is 3.06. The molecule has 1 aromatic rings. The highest BCUT2D eigenvalue weighted by Gasteiger charge is 2.23. The van der Waals surface area contributed by atoms with Crippen LogP contribution in [0.5, 0.6) is 0 Å². The molecule has 0 aliphatic carbocycles. The van der Waals surface area contributed by atoms with E-state index in [1.54, 1.807) is 29.3 Å². The van der Waals surface area contributed by atoms with E-state index in [2.05, 4.69) is 18.8 Å². The number of hydrogen-bond acceptors (Lipinski definition) is 4. The molecule has 1 N–H and O–H groups in total. The molecule has 0 spiro atoms. The van der Waals surface area contributed by atoms with Gasteiger partial charge in [-0.3, -0.25) is 0 Å². The summed E-state index contributed by atoms with van der Waals surface area (Å²) in [6.07, 6.45) is 2.53. The van der Waals surface area contributed by atoms with Gasteiger partial charge in [0.1, 0.15) is 4.34 Å². The number of hydrogen-bond donors (Lipinski definition) is 1. The van der Waals surface area contributed by atoms with Gasteiger partial charge in [-0.05, 0) is 19.3 Å². The average Bonchev–Trinajstić information content (AvgIpc) is 2.63. The molecule has 1 heterocycles. The zero-order valence-electron chi connectivity index (χ0n) is 9.78. The Bertz CT molecular complexity index is 307. The van der Waals surface area contributed by atoms with Gasteiger partial charge < -0.3 is 5.11 Å². The Morgan fingerprint density at radius 3 is 2.80 bits per heavy atom. The molecule has 1 rings (SSSR count). The standard InChI is InChI=1S/C11H19NOS2/c1-5-11(4,13)9-6-12-10(15-9)14-7-8(2)3/h6,8,13H,5,7H2,1-4H3. The molecule has 0 bridgehead atoms. The summed E-state index contributed by atoms with van der Waals surface area (Å²) < 4.78 is 1.06. The van der Waals surface area contributed by atoms with Gasteiger partial charge in [-0.25, -0.2) is 4.98 Å². The van der Waals surface area contributed by atoms with Crippen molar-refractivity contribution in [3.63, 3.8) is 0 Å². The Hall–Kier alpha value is -0.0600. The normalized spacial score (nSPS) is 15.6. The van der Waals surface area contributed by atoms with E-state index in [0.29, 0.717) is 5.92 Å². The predicted octanol–water partition coefficient (Wildman–Crippen LogP) is 3.51. The SMILES string of the molecule is CCC(C)(O)c1cnc(SCC(C)C)s1. The first-order chi connectivity index (χ1) is 6.95. The van der Waals surface area contributed by atoms with Crippen molar-refractivity contribution in [2.75, 3.05) is 5.75 Å². The van der Waals surface area contributed by atoms with Crippen LogP contribution >= 0.6 is 23.1 Å². The van der Waals surface area contributed by atoms with Crippen molar-refractivity contribution in [3.8, 4) is 0 Å². The first-order valence-electron chi connectivity index (χ1n) is 5.27. The monoisotopic (exact) mass is 245 g/mol. The first kappa shape index (κ1) is 13.0. The Morgan fingerprint density at radius 1 is 1.60 bits per heavy atom. The van der Waals surface area contributed by atoms with Gasteiger partial charge in [0, 0.05) is 11.9 Å². The van der Waals surface area contributed by atoms with Gasteiger partial charge in [0.15, 0.2) is 0 Å². The summed E-state index contributed by atoms with van der Waals surface area (Å²) in [5.74, 6) is 1.76. The highest BCUT2D eigenvalue weighted by molar-refractivity contribution is 8.01. The average molecular weight is 245 g/mol. The lowest BCUT2D eigenvalue weighted by Crippen LogP contribution is -2.17. The lowest BCUT2D eigenvalue weighted by Gasteiger charge is -2.18. The third-order valence-corrected chi connectivity index (χ3v) is 5.08. The van der Waals surface area contributed by atoms with Gasteiger partial charge in [0.2, 0.25) is 0 Å². The summed E-state index contributed by atoms with van der Waals surface area (Å²) in [6.45, 7) is 8.23. The Balaban J connectivity index is 2.64. The maximum absolute atomic E-state index is 10.0. The molecule has 4 heteroatoms. The van der Waals surface area contributed by atoms with Crippen LogP contribution in [-0.4, -0.2) is 15.8 Å². The summed E-state index contributed by atoms with van der Waals surface area (Å²) >= 11 is 3.38. The molecule has 2 nitrogen and oxygen atoms in total. The van der Waals surface area contributed by atoms with E-state index in [4.69, 9.17) is 0 Å². The molecule has 1 atom stereocenters. The zero-order chi connectivity index (χ0) is 11.5. The molecular weight excluding hydrogens is 226 g/mol. The van der Waals surface area contributed by atoms with Gasteiger partial charge >= 0.3 is 0 Å². The van der Waals surface area contributed by atoms with Crippen molar-refractivity contribution < 1.29 is 5.11 Å². The topological polar surface area (TPSA) is 33.1 Å². The number of thiazole rings is 1. The minimum Gasteiger partial charge on any atom is -0.385 e. The van der Waals surface area contributed by atoms with Crippen LogP contribution in [0.1, 0.15) is 39.0 Å². The molecule has 0 aliphatic heterocycles. The molecule has 15 heavy (non-hydrogen) atoms. The molecule has 1 unspecified atom stereocenters. The van der Waals surface area contributed by atoms with E-state index in [9.17, 15) is 5.11 Å². The minimum atomic E-state index is -0.714. The Labute approximate surface area is 100 Å². The van der Waals surface area contributed by atoms with Gasteiger partial charge in [0.25, 0.3) is 0 Å². The van der Waals surface area contributed by atoms with Crippen LogP contribution in [0.4, 0.5) is 0 Å². The molecule has 86 valence electrons. The number of thioether (sulfide) groups is 1. The molecule has 0 saturated heterocycles. The summed E-state index contributed by atoms with van der Waals surface area (Å²) in [4.78, 5) is 5.29. The third-order valence-electron chi connectivity index (χ3n) is 2.24. The number of aromatic nitrogens is 1. The highest BCUT2D eigenvalue weighted by Crippen LogP contribution is 2.33. The van der Waals surface area contributed by atoms with E-state index in [1.165, 1.54) is 0 Å². The second-order valence-electron chi connectivity index (χ2n) is 4.32. The zero-order valence-corrected chi connectivity index (χ0v) is 11.4. The highest BCUT2D eigenvalue weighted by atomic mass is 32.2. The predicted molar refractivity (Wildman–Crippen MR) is 67.5 cm³/mol. The molecule has 0 aliphatic rings. The Kier molecular flexibility index (Phi) is 4.62. The van der Waals surface area contributed by atoms with Crippen molar-refractivity contribution in [2.45, 2.75) is 44.1 Å². The van der Waals surface area contributed by atoms with Crippen LogP contribution in [0.2, 0.25) is 0 Å². The van der Waals surface area contributed by atoms with Crippen molar-refractivity contribution >= 4 is 23.1 Å². The van der Waals surface area contributed by atoms with Crippen molar-refractivity contribution in [1.82, 2.24) is 4.98 Å². The summed E-state index contributed by atoms with van der Waals surface area (Å²) in [7, 11) is 0. The molecule has 0 fully saturated rings. The maximum atomic E-state index is 10.0. The van der Waals surface area contributed by atoms with E-state index < -0.39 is 5.60 Å². The van der Waals surface area contributed by atoms with E-state index in [0.717, 1.165) is 21.4 Å². The van der Waals surface area contributed by atoms with Gasteiger partial charge in [0.05, 0.1) is 10.5 Å². The fourth-order valence-electron chi connectivity index (χ4n) is 0.986. The number of aliphatic hydroxyl groups is 1. The second-order valence-corrected chi connectivity index (χ2v) is 6.62.